The van der Waals surface area contributed by atoms with Gasteiger partial charge in [0.2, 0.25) is 10.0 Å². The number of carbonyl (C=O) groups is 1. The lowest BCUT2D eigenvalue weighted by atomic mass is 10.0. The standard InChI is InChI=1S/C18H20N2O4S/c1-24-16-7-3-5-14(11-16)18(21)19-15-9-8-13-6-4-10-20(17(13)12-15)25(2,22)23/h3,5,7-9,11-12H,4,6,10H2,1-2H3,(H,19,21). The number of benzene rings is 2. The van der Waals surface area contributed by atoms with Gasteiger partial charge in [0.15, 0.2) is 0 Å². The molecule has 0 aromatic heterocycles. The van der Waals surface area contributed by atoms with E-state index in [-0.39, 0.29) is 5.91 Å². The van der Waals surface area contributed by atoms with Crippen molar-refractivity contribution in [3.05, 3.63) is 53.6 Å². The number of aryl methyl sites for hydroxylation is 1. The van der Waals surface area contributed by atoms with E-state index in [9.17, 15) is 13.2 Å². The van der Waals surface area contributed by atoms with Crippen LogP contribution in [0.3, 0.4) is 0 Å². The Labute approximate surface area is 147 Å². The Morgan fingerprint density at radius 2 is 2.00 bits per heavy atom. The summed E-state index contributed by atoms with van der Waals surface area (Å²) in [6, 6.07) is 12.2. The zero-order valence-corrected chi connectivity index (χ0v) is 15.0. The molecular weight excluding hydrogens is 340 g/mol. The van der Waals surface area contributed by atoms with Gasteiger partial charge in [-0.05, 0) is 48.7 Å². The number of sulfonamides is 1. The molecule has 1 aliphatic rings. The Balaban J connectivity index is 1.88. The molecule has 0 unspecified atom stereocenters. The first-order chi connectivity index (χ1) is 11.9. The lowest BCUT2D eigenvalue weighted by Crippen LogP contribution is -2.34. The molecule has 0 saturated heterocycles. The number of anilines is 2. The average molecular weight is 360 g/mol. The molecule has 3 rings (SSSR count). The van der Waals surface area contributed by atoms with E-state index < -0.39 is 10.0 Å². The van der Waals surface area contributed by atoms with Gasteiger partial charge in [-0.2, -0.15) is 0 Å². The van der Waals surface area contributed by atoms with E-state index in [4.69, 9.17) is 4.74 Å². The van der Waals surface area contributed by atoms with Crippen LogP contribution in [0.4, 0.5) is 11.4 Å². The quantitative estimate of drug-likeness (QED) is 0.909. The number of ether oxygens (including phenoxy) is 1. The average Bonchev–Trinajstić information content (AvgIpc) is 2.60. The number of nitrogens with zero attached hydrogens (tertiary/aromatic N) is 1. The van der Waals surface area contributed by atoms with E-state index in [1.54, 1.807) is 43.5 Å². The smallest absolute Gasteiger partial charge is 0.255 e. The molecule has 1 heterocycles. The number of rotatable bonds is 4. The highest BCUT2D eigenvalue weighted by Gasteiger charge is 2.24. The van der Waals surface area contributed by atoms with E-state index >= 15 is 0 Å². The van der Waals surface area contributed by atoms with E-state index in [0.717, 1.165) is 18.4 Å². The first kappa shape index (κ1) is 17.3. The molecule has 2 aromatic carbocycles. The third kappa shape index (κ3) is 3.76. The SMILES string of the molecule is COc1cccc(C(=O)Nc2ccc3c(c2)N(S(C)(=O)=O)CCC3)c1. The third-order valence-corrected chi connectivity index (χ3v) is 5.33. The molecular formula is C18H20N2O4S. The van der Waals surface area contributed by atoms with Crippen LogP contribution in [0.5, 0.6) is 5.75 Å². The van der Waals surface area contributed by atoms with E-state index in [1.165, 1.54) is 10.6 Å². The third-order valence-electron chi connectivity index (χ3n) is 4.15. The van der Waals surface area contributed by atoms with Crippen molar-refractivity contribution in [2.24, 2.45) is 0 Å². The zero-order valence-electron chi connectivity index (χ0n) is 14.2. The topological polar surface area (TPSA) is 75.7 Å². The second kappa shape index (κ2) is 6.76. The Morgan fingerprint density at radius 1 is 1.20 bits per heavy atom. The van der Waals surface area contributed by atoms with Crippen LogP contribution in [0.15, 0.2) is 42.5 Å². The van der Waals surface area contributed by atoms with Crippen LogP contribution >= 0.6 is 0 Å². The summed E-state index contributed by atoms with van der Waals surface area (Å²) in [6.07, 6.45) is 2.81. The molecule has 0 fully saturated rings. The van der Waals surface area contributed by atoms with Crippen LogP contribution in [0.25, 0.3) is 0 Å². The highest BCUT2D eigenvalue weighted by Crippen LogP contribution is 2.31. The highest BCUT2D eigenvalue weighted by molar-refractivity contribution is 7.92. The molecule has 0 atom stereocenters. The summed E-state index contributed by atoms with van der Waals surface area (Å²) in [5.74, 6) is 0.321. The fourth-order valence-electron chi connectivity index (χ4n) is 2.93. The molecule has 6 nitrogen and oxygen atoms in total. The van der Waals surface area contributed by atoms with Crippen molar-refractivity contribution in [2.45, 2.75) is 12.8 Å². The molecule has 2 aromatic rings. The number of amides is 1. The number of carbonyl (C=O) groups excluding carboxylic acids is 1. The van der Waals surface area contributed by atoms with Gasteiger partial charge in [-0.15, -0.1) is 0 Å². The predicted molar refractivity (Wildman–Crippen MR) is 97.9 cm³/mol. The van der Waals surface area contributed by atoms with E-state index in [2.05, 4.69) is 5.32 Å². The number of fused-ring (bicyclic) bond motifs is 1. The van der Waals surface area contributed by atoms with Crippen LogP contribution in [0.2, 0.25) is 0 Å². The summed E-state index contributed by atoms with van der Waals surface area (Å²) in [6.45, 7) is 0.457. The van der Waals surface area contributed by atoms with Crippen molar-refractivity contribution >= 4 is 27.3 Å². The molecule has 25 heavy (non-hydrogen) atoms. The highest BCUT2D eigenvalue weighted by atomic mass is 32.2. The van der Waals surface area contributed by atoms with Crippen LogP contribution in [-0.4, -0.2) is 34.2 Å². The lowest BCUT2D eigenvalue weighted by molar-refractivity contribution is 0.102. The molecule has 0 bridgehead atoms. The summed E-state index contributed by atoms with van der Waals surface area (Å²) >= 11 is 0. The van der Waals surface area contributed by atoms with Crippen LogP contribution in [0, 0.1) is 0 Å². The van der Waals surface area contributed by atoms with Gasteiger partial charge >= 0.3 is 0 Å². The lowest BCUT2D eigenvalue weighted by Gasteiger charge is -2.29. The Hall–Kier alpha value is -2.54. The minimum absolute atomic E-state index is 0.277. The maximum Gasteiger partial charge on any atom is 0.255 e. The van der Waals surface area contributed by atoms with E-state index in [0.29, 0.717) is 29.2 Å². The number of hydrogen-bond donors (Lipinski definition) is 1. The fraction of sp³-hybridized carbons (Fsp3) is 0.278. The normalized spacial score (nSPS) is 13.9. The van der Waals surface area contributed by atoms with Crippen LogP contribution in [0.1, 0.15) is 22.3 Å². The summed E-state index contributed by atoms with van der Waals surface area (Å²) < 4.78 is 30.5. The van der Waals surface area contributed by atoms with Crippen molar-refractivity contribution in [3.63, 3.8) is 0 Å². The molecule has 0 aliphatic carbocycles. The summed E-state index contributed by atoms with van der Waals surface area (Å²) in [7, 11) is -1.80. The molecule has 132 valence electrons. The van der Waals surface area contributed by atoms with Gasteiger partial charge in [-0.25, -0.2) is 8.42 Å². The van der Waals surface area contributed by atoms with Gasteiger partial charge in [0, 0.05) is 17.8 Å². The molecule has 1 aliphatic heterocycles. The molecule has 0 radical (unpaired) electrons. The Morgan fingerprint density at radius 3 is 2.72 bits per heavy atom. The monoisotopic (exact) mass is 360 g/mol. The van der Waals surface area contributed by atoms with Gasteiger partial charge in [0.1, 0.15) is 5.75 Å². The minimum Gasteiger partial charge on any atom is -0.497 e. The van der Waals surface area contributed by atoms with Crippen molar-refractivity contribution in [3.8, 4) is 5.75 Å². The molecule has 1 N–H and O–H groups in total. The first-order valence-corrected chi connectivity index (χ1v) is 9.79. The van der Waals surface area contributed by atoms with Crippen LogP contribution < -0.4 is 14.4 Å². The summed E-state index contributed by atoms with van der Waals surface area (Å²) in [4.78, 5) is 12.4. The summed E-state index contributed by atoms with van der Waals surface area (Å²) in [5, 5.41) is 2.82. The summed E-state index contributed by atoms with van der Waals surface area (Å²) in [5.41, 5.74) is 2.63. The van der Waals surface area contributed by atoms with E-state index in [1.807, 2.05) is 6.07 Å². The molecule has 0 saturated carbocycles. The fourth-order valence-corrected chi connectivity index (χ4v) is 3.92. The largest absolute Gasteiger partial charge is 0.497 e. The number of methoxy groups -OCH3 is 1. The van der Waals surface area contributed by atoms with Gasteiger partial charge in [0.25, 0.3) is 5.91 Å². The van der Waals surface area contributed by atoms with Gasteiger partial charge in [-0.1, -0.05) is 12.1 Å². The predicted octanol–water partition coefficient (Wildman–Crippen LogP) is 2.66. The van der Waals surface area contributed by atoms with Gasteiger partial charge < -0.3 is 10.1 Å². The number of hydrogen-bond acceptors (Lipinski definition) is 4. The van der Waals surface area contributed by atoms with Crippen molar-refractivity contribution < 1.29 is 17.9 Å². The Bertz CT molecular complexity index is 909. The van der Waals surface area contributed by atoms with Crippen molar-refractivity contribution in [1.82, 2.24) is 0 Å². The number of nitrogens with one attached hydrogen (secondary N) is 1. The van der Waals surface area contributed by atoms with Gasteiger partial charge in [0.05, 0.1) is 19.1 Å². The maximum atomic E-state index is 12.4. The van der Waals surface area contributed by atoms with Gasteiger partial charge in [-0.3, -0.25) is 9.10 Å². The zero-order chi connectivity index (χ0) is 18.0. The van der Waals surface area contributed by atoms with Crippen LogP contribution in [-0.2, 0) is 16.4 Å². The minimum atomic E-state index is -3.34. The Kier molecular flexibility index (Phi) is 4.67. The van der Waals surface area contributed by atoms with Crippen molar-refractivity contribution in [1.29, 1.82) is 0 Å². The second-order valence-electron chi connectivity index (χ2n) is 5.97. The maximum absolute atomic E-state index is 12.4. The molecule has 0 spiro atoms. The molecule has 1 amide bonds. The second-order valence-corrected chi connectivity index (χ2v) is 7.88. The first-order valence-electron chi connectivity index (χ1n) is 7.94. The molecule has 7 heteroatoms. The van der Waals surface area contributed by atoms with Crippen molar-refractivity contribution in [2.75, 3.05) is 29.5 Å².